The normalized spacial score (nSPS) is 12.9. The molecule has 1 N–H and O–H groups in total. The predicted molar refractivity (Wildman–Crippen MR) is 123 cm³/mol. The fraction of sp³-hybridized carbons (Fsp3) is 0.458. The molecule has 0 heterocycles. The predicted octanol–water partition coefficient (Wildman–Crippen LogP) is 6.27. The highest BCUT2D eigenvalue weighted by Crippen LogP contribution is 2.52. The molecule has 0 amide bonds. The quantitative estimate of drug-likeness (QED) is 0.234. The number of unbranched alkanes of at least 4 members (excludes halogenated alkanes) is 2. The third-order valence-electron chi connectivity index (χ3n) is 4.91. The summed E-state index contributed by atoms with van der Waals surface area (Å²) in [5.74, 6) is 0.0199. The highest BCUT2D eigenvalue weighted by molar-refractivity contribution is 7.54. The maximum Gasteiger partial charge on any atom is 0.379 e. The summed E-state index contributed by atoms with van der Waals surface area (Å²) < 4.78 is 29.4. The van der Waals surface area contributed by atoms with Gasteiger partial charge in [0.25, 0.3) is 0 Å². The number of phenols is 1. The Bertz CT molecular complexity index is 924. The first-order chi connectivity index (χ1) is 14.8. The first-order valence-corrected chi connectivity index (χ1v) is 12.4. The van der Waals surface area contributed by atoms with E-state index >= 15 is 0 Å². The molecule has 7 heteroatoms. The van der Waals surface area contributed by atoms with Gasteiger partial charge in [0.2, 0.25) is 0 Å². The molecular formula is C24H33O6P. The van der Waals surface area contributed by atoms with Crippen molar-refractivity contribution in [2.75, 3.05) is 19.9 Å². The number of phenolic OH excluding ortho intramolecular Hbond substituents is 1. The third kappa shape index (κ3) is 7.71. The van der Waals surface area contributed by atoms with Crippen molar-refractivity contribution in [3.63, 3.8) is 0 Å². The maximum absolute atomic E-state index is 13.3. The van der Waals surface area contributed by atoms with Gasteiger partial charge in [-0.3, -0.25) is 4.79 Å². The van der Waals surface area contributed by atoms with E-state index in [0.29, 0.717) is 17.7 Å². The standard InChI is InChI=1S/C24H33O6P/c1-5-6-7-11-20-16-22(26)24(21-12-8-10-18(2)15-21)23(17-20)30-31(27,28-4)14-9-13-29-19(3)25/h8,10,12,15-17,26H,5-7,9,11,13-14H2,1-4H3. The molecule has 0 spiro atoms. The monoisotopic (exact) mass is 448 g/mol. The summed E-state index contributed by atoms with van der Waals surface area (Å²) in [6.07, 6.45) is 4.39. The average molecular weight is 448 g/mol. The van der Waals surface area contributed by atoms with E-state index in [0.717, 1.165) is 42.4 Å². The Kier molecular flexibility index (Phi) is 9.60. The number of carbonyl (C=O) groups excluding carboxylic acids is 1. The summed E-state index contributed by atoms with van der Waals surface area (Å²) in [5, 5.41) is 10.8. The summed E-state index contributed by atoms with van der Waals surface area (Å²) in [4.78, 5) is 11.0. The Morgan fingerprint density at radius 3 is 2.55 bits per heavy atom. The smallest absolute Gasteiger partial charge is 0.379 e. The SMILES string of the molecule is CCCCCc1cc(O)c(-c2cccc(C)c2)c(OP(=O)(CCCOC(C)=O)OC)c1. The van der Waals surface area contributed by atoms with Crippen LogP contribution >= 0.6 is 7.60 Å². The minimum Gasteiger partial charge on any atom is -0.507 e. The second-order valence-corrected chi connectivity index (χ2v) is 9.83. The van der Waals surface area contributed by atoms with E-state index in [1.807, 2.05) is 37.3 Å². The van der Waals surface area contributed by atoms with Crippen molar-refractivity contribution in [2.24, 2.45) is 0 Å². The van der Waals surface area contributed by atoms with Gasteiger partial charge in [-0.05, 0) is 49.4 Å². The fourth-order valence-corrected chi connectivity index (χ4v) is 4.65. The first-order valence-electron chi connectivity index (χ1n) is 10.7. The molecule has 1 atom stereocenters. The van der Waals surface area contributed by atoms with Gasteiger partial charge >= 0.3 is 13.6 Å². The van der Waals surface area contributed by atoms with E-state index < -0.39 is 7.60 Å². The minimum absolute atomic E-state index is 0.0807. The Hall–Kier alpha value is -2.30. The first kappa shape index (κ1) is 25.0. The third-order valence-corrected chi connectivity index (χ3v) is 6.81. The molecule has 0 aliphatic rings. The minimum atomic E-state index is -3.52. The van der Waals surface area contributed by atoms with Gasteiger partial charge in [-0.15, -0.1) is 0 Å². The van der Waals surface area contributed by atoms with E-state index in [1.165, 1.54) is 14.0 Å². The van der Waals surface area contributed by atoms with E-state index in [2.05, 4.69) is 6.92 Å². The van der Waals surface area contributed by atoms with E-state index in [1.54, 1.807) is 6.07 Å². The van der Waals surface area contributed by atoms with Crippen molar-refractivity contribution in [1.29, 1.82) is 0 Å². The van der Waals surface area contributed by atoms with Crippen molar-refractivity contribution >= 4 is 13.6 Å². The highest BCUT2D eigenvalue weighted by Gasteiger charge is 2.27. The van der Waals surface area contributed by atoms with Crippen molar-refractivity contribution in [3.8, 4) is 22.6 Å². The van der Waals surface area contributed by atoms with E-state index in [9.17, 15) is 14.5 Å². The lowest BCUT2D eigenvalue weighted by atomic mass is 9.98. The second-order valence-electron chi connectivity index (χ2n) is 7.62. The maximum atomic E-state index is 13.3. The summed E-state index contributed by atoms with van der Waals surface area (Å²) in [6, 6.07) is 11.3. The van der Waals surface area contributed by atoms with Gasteiger partial charge in [-0.1, -0.05) is 49.6 Å². The van der Waals surface area contributed by atoms with Crippen LogP contribution in [0.3, 0.4) is 0 Å². The zero-order valence-electron chi connectivity index (χ0n) is 18.8. The van der Waals surface area contributed by atoms with Gasteiger partial charge in [0, 0.05) is 14.0 Å². The molecule has 0 aliphatic heterocycles. The molecule has 2 rings (SSSR count). The van der Waals surface area contributed by atoms with Crippen LogP contribution in [-0.4, -0.2) is 31.0 Å². The zero-order chi connectivity index (χ0) is 22.9. The molecule has 0 bridgehead atoms. The average Bonchev–Trinajstić information content (AvgIpc) is 2.71. The van der Waals surface area contributed by atoms with Crippen LogP contribution in [0, 0.1) is 6.92 Å². The number of rotatable bonds is 12. The van der Waals surface area contributed by atoms with Crippen LogP contribution in [0.2, 0.25) is 0 Å². The van der Waals surface area contributed by atoms with Crippen LogP contribution in [0.15, 0.2) is 36.4 Å². The van der Waals surface area contributed by atoms with E-state index in [-0.39, 0.29) is 24.5 Å². The molecular weight excluding hydrogens is 415 g/mol. The zero-order valence-corrected chi connectivity index (χ0v) is 19.7. The van der Waals surface area contributed by atoms with Gasteiger partial charge in [0.05, 0.1) is 18.3 Å². The van der Waals surface area contributed by atoms with Crippen LogP contribution in [-0.2, 0) is 25.0 Å². The Balaban J connectivity index is 2.38. The summed E-state index contributed by atoms with van der Waals surface area (Å²) >= 11 is 0. The summed E-state index contributed by atoms with van der Waals surface area (Å²) in [5.41, 5.74) is 3.21. The number of aryl methyl sites for hydroxylation is 2. The number of hydrogen-bond acceptors (Lipinski definition) is 6. The molecule has 0 saturated heterocycles. The van der Waals surface area contributed by atoms with Crippen LogP contribution in [0.5, 0.6) is 11.5 Å². The molecule has 0 radical (unpaired) electrons. The molecule has 0 fully saturated rings. The van der Waals surface area contributed by atoms with Crippen molar-refractivity contribution in [2.45, 2.75) is 52.9 Å². The second kappa shape index (κ2) is 11.9. The lowest BCUT2D eigenvalue weighted by Gasteiger charge is -2.21. The Labute approximate surface area is 185 Å². The number of esters is 1. The topological polar surface area (TPSA) is 82.1 Å². The van der Waals surface area contributed by atoms with Gasteiger partial charge in [0.1, 0.15) is 11.5 Å². The molecule has 170 valence electrons. The fourth-order valence-electron chi connectivity index (χ4n) is 3.34. The Morgan fingerprint density at radius 2 is 1.90 bits per heavy atom. The largest absolute Gasteiger partial charge is 0.507 e. The van der Waals surface area contributed by atoms with Crippen LogP contribution in [0.4, 0.5) is 0 Å². The molecule has 6 nitrogen and oxygen atoms in total. The van der Waals surface area contributed by atoms with Crippen LogP contribution in [0.25, 0.3) is 11.1 Å². The van der Waals surface area contributed by atoms with Gasteiger partial charge in [-0.2, -0.15) is 0 Å². The lowest BCUT2D eigenvalue weighted by Crippen LogP contribution is -2.07. The van der Waals surface area contributed by atoms with Crippen LogP contribution < -0.4 is 4.52 Å². The molecule has 31 heavy (non-hydrogen) atoms. The Morgan fingerprint density at radius 1 is 1.13 bits per heavy atom. The number of carbonyl (C=O) groups is 1. The summed E-state index contributed by atoms with van der Waals surface area (Å²) in [6.45, 7) is 5.57. The van der Waals surface area contributed by atoms with E-state index in [4.69, 9.17) is 13.8 Å². The van der Waals surface area contributed by atoms with Gasteiger partial charge in [-0.25, -0.2) is 4.57 Å². The number of benzene rings is 2. The highest BCUT2D eigenvalue weighted by atomic mass is 31.2. The van der Waals surface area contributed by atoms with Crippen molar-refractivity contribution in [3.05, 3.63) is 47.5 Å². The molecule has 0 saturated carbocycles. The lowest BCUT2D eigenvalue weighted by molar-refractivity contribution is -0.140. The number of hydrogen-bond donors (Lipinski definition) is 1. The molecule has 0 aromatic heterocycles. The van der Waals surface area contributed by atoms with Gasteiger partial charge in [0.15, 0.2) is 0 Å². The number of ether oxygens (including phenoxy) is 1. The summed E-state index contributed by atoms with van der Waals surface area (Å²) in [7, 11) is -2.18. The van der Waals surface area contributed by atoms with Crippen molar-refractivity contribution < 1.29 is 28.3 Å². The molecule has 2 aromatic carbocycles. The van der Waals surface area contributed by atoms with Crippen molar-refractivity contribution in [1.82, 2.24) is 0 Å². The molecule has 0 aliphatic carbocycles. The molecule has 1 unspecified atom stereocenters. The molecule has 2 aromatic rings. The van der Waals surface area contributed by atoms with Crippen LogP contribution in [0.1, 0.15) is 50.7 Å². The number of aromatic hydroxyl groups is 1. The van der Waals surface area contributed by atoms with Gasteiger partial charge < -0.3 is 18.9 Å².